The fourth-order valence-corrected chi connectivity index (χ4v) is 3.73. The highest BCUT2D eigenvalue weighted by atomic mass is 35.5. The molecule has 152 valence electrons. The Kier molecular flexibility index (Phi) is 6.67. The molecular formula is C22H25ClN4O2. The molecule has 0 aliphatic heterocycles. The second kappa shape index (κ2) is 9.20. The summed E-state index contributed by atoms with van der Waals surface area (Å²) in [6.45, 7) is 7.97. The van der Waals surface area contributed by atoms with Gasteiger partial charge in [-0.2, -0.15) is 0 Å². The van der Waals surface area contributed by atoms with Crippen molar-refractivity contribution < 1.29 is 4.79 Å². The molecule has 1 aromatic carbocycles. The lowest BCUT2D eigenvalue weighted by atomic mass is 10.0. The molecule has 0 unspecified atom stereocenters. The monoisotopic (exact) mass is 412 g/mol. The Balaban J connectivity index is 1.87. The smallest absolute Gasteiger partial charge is 0.270 e. The summed E-state index contributed by atoms with van der Waals surface area (Å²) < 4.78 is 1.40. The summed E-state index contributed by atoms with van der Waals surface area (Å²) in [4.78, 5) is 32.0. The number of carbonyl (C=O) groups is 1. The zero-order chi connectivity index (χ0) is 21.0. The quantitative estimate of drug-likeness (QED) is 0.645. The summed E-state index contributed by atoms with van der Waals surface area (Å²) in [5, 5.41) is 3.56. The van der Waals surface area contributed by atoms with E-state index in [0.717, 1.165) is 24.2 Å². The summed E-state index contributed by atoms with van der Waals surface area (Å²) in [7, 11) is 0. The maximum atomic E-state index is 12.8. The number of halogens is 1. The lowest BCUT2D eigenvalue weighted by Gasteiger charge is -2.30. The number of fused-ring (bicyclic) bond motifs is 1. The number of carbonyl (C=O) groups excluding carboxylic acids is 1. The molecule has 0 saturated carbocycles. The van der Waals surface area contributed by atoms with Crippen LogP contribution in [0.1, 0.15) is 41.4 Å². The first-order valence-electron chi connectivity index (χ1n) is 9.71. The number of benzene rings is 1. The Morgan fingerprint density at radius 3 is 2.62 bits per heavy atom. The Morgan fingerprint density at radius 2 is 1.93 bits per heavy atom. The van der Waals surface area contributed by atoms with E-state index in [1.165, 1.54) is 10.6 Å². The summed E-state index contributed by atoms with van der Waals surface area (Å²) in [5.74, 6) is -0.442. The molecule has 0 aliphatic rings. The number of nitrogens with one attached hydrogen (secondary N) is 1. The highest BCUT2D eigenvalue weighted by Gasteiger charge is 2.22. The van der Waals surface area contributed by atoms with Crippen molar-refractivity contribution in [1.29, 1.82) is 0 Å². The minimum Gasteiger partial charge on any atom is -0.350 e. The normalized spacial score (nSPS) is 12.3. The van der Waals surface area contributed by atoms with Gasteiger partial charge in [-0.1, -0.05) is 49.7 Å². The molecular weight excluding hydrogens is 388 g/mol. The molecule has 3 aromatic rings. The van der Waals surface area contributed by atoms with Crippen LogP contribution < -0.4 is 10.9 Å². The van der Waals surface area contributed by atoms with Gasteiger partial charge in [0.1, 0.15) is 11.2 Å². The SMILES string of the molecule is CCN(CC)[C@H](CNC(=O)c1cnc2ccc(C)cn2c1=O)c1ccccc1Cl. The van der Waals surface area contributed by atoms with Gasteiger partial charge in [-0.15, -0.1) is 0 Å². The molecule has 0 radical (unpaired) electrons. The molecule has 6 nitrogen and oxygen atoms in total. The average Bonchev–Trinajstić information content (AvgIpc) is 2.72. The van der Waals surface area contributed by atoms with E-state index in [1.54, 1.807) is 12.3 Å². The molecule has 0 spiro atoms. The molecule has 1 atom stereocenters. The van der Waals surface area contributed by atoms with Crippen LogP contribution in [0.3, 0.4) is 0 Å². The second-order valence-corrected chi connectivity index (χ2v) is 7.29. The topological polar surface area (TPSA) is 66.7 Å². The number of rotatable bonds is 7. The van der Waals surface area contributed by atoms with Crippen molar-refractivity contribution in [1.82, 2.24) is 19.6 Å². The average molecular weight is 413 g/mol. The number of likely N-dealkylation sites (N-methyl/N-ethyl adjacent to an activating group) is 1. The number of hydrogen-bond acceptors (Lipinski definition) is 4. The lowest BCUT2D eigenvalue weighted by molar-refractivity contribution is 0.0933. The van der Waals surface area contributed by atoms with Crippen LogP contribution in [0, 0.1) is 6.92 Å². The van der Waals surface area contributed by atoms with Crippen LogP contribution in [0.2, 0.25) is 5.02 Å². The number of amides is 1. The first-order valence-corrected chi connectivity index (χ1v) is 10.1. The first kappa shape index (κ1) is 21.0. The van der Waals surface area contributed by atoms with E-state index >= 15 is 0 Å². The van der Waals surface area contributed by atoms with Crippen LogP contribution in [-0.2, 0) is 0 Å². The van der Waals surface area contributed by atoms with Crippen LogP contribution >= 0.6 is 11.6 Å². The molecule has 0 saturated heterocycles. The molecule has 1 amide bonds. The number of aromatic nitrogens is 2. The maximum Gasteiger partial charge on any atom is 0.270 e. The van der Waals surface area contributed by atoms with Crippen LogP contribution in [0.15, 0.2) is 53.6 Å². The van der Waals surface area contributed by atoms with Crippen molar-refractivity contribution in [2.75, 3.05) is 19.6 Å². The van der Waals surface area contributed by atoms with Gasteiger partial charge < -0.3 is 5.32 Å². The third kappa shape index (κ3) is 4.49. The summed E-state index contributed by atoms with van der Waals surface area (Å²) in [6.07, 6.45) is 3.02. The largest absolute Gasteiger partial charge is 0.350 e. The van der Waals surface area contributed by atoms with Crippen LogP contribution in [0.25, 0.3) is 5.65 Å². The summed E-state index contributed by atoms with van der Waals surface area (Å²) in [5.41, 5.74) is 2.01. The van der Waals surface area contributed by atoms with Gasteiger partial charge in [0.05, 0.1) is 6.04 Å². The lowest BCUT2D eigenvalue weighted by Crippen LogP contribution is -2.40. The van der Waals surface area contributed by atoms with Crippen molar-refractivity contribution in [2.45, 2.75) is 26.8 Å². The van der Waals surface area contributed by atoms with Gasteiger partial charge in [0.2, 0.25) is 0 Å². The molecule has 2 aromatic heterocycles. The van der Waals surface area contributed by atoms with Gasteiger partial charge in [-0.05, 0) is 43.3 Å². The van der Waals surface area contributed by atoms with E-state index in [9.17, 15) is 9.59 Å². The molecule has 1 N–H and O–H groups in total. The van der Waals surface area contributed by atoms with E-state index in [2.05, 4.69) is 29.0 Å². The van der Waals surface area contributed by atoms with Gasteiger partial charge >= 0.3 is 0 Å². The molecule has 0 bridgehead atoms. The fourth-order valence-electron chi connectivity index (χ4n) is 3.47. The van der Waals surface area contributed by atoms with Crippen LogP contribution in [0.5, 0.6) is 0 Å². The van der Waals surface area contributed by atoms with Crippen molar-refractivity contribution in [3.8, 4) is 0 Å². The van der Waals surface area contributed by atoms with Crippen molar-refractivity contribution in [3.05, 3.63) is 80.9 Å². The predicted octanol–water partition coefficient (Wildman–Crippen LogP) is 3.47. The van der Waals surface area contributed by atoms with Crippen LogP contribution in [-0.4, -0.2) is 39.8 Å². The Bertz CT molecular complexity index is 1080. The summed E-state index contributed by atoms with van der Waals surface area (Å²) in [6, 6.07) is 11.2. The maximum absolute atomic E-state index is 12.8. The van der Waals surface area contributed by atoms with Crippen molar-refractivity contribution in [2.24, 2.45) is 0 Å². The predicted molar refractivity (Wildman–Crippen MR) is 116 cm³/mol. The third-order valence-electron chi connectivity index (χ3n) is 5.07. The van der Waals surface area contributed by atoms with Gasteiger partial charge in [0, 0.05) is 24.0 Å². The second-order valence-electron chi connectivity index (χ2n) is 6.88. The molecule has 7 heteroatoms. The highest BCUT2D eigenvalue weighted by molar-refractivity contribution is 6.31. The number of nitrogens with zero attached hydrogens (tertiary/aromatic N) is 3. The number of aryl methyl sites for hydroxylation is 1. The Morgan fingerprint density at radius 1 is 1.21 bits per heavy atom. The van der Waals surface area contributed by atoms with E-state index in [1.807, 2.05) is 37.3 Å². The molecule has 3 rings (SSSR count). The molecule has 0 fully saturated rings. The Hall–Kier alpha value is -2.70. The van der Waals surface area contributed by atoms with Crippen molar-refractivity contribution >= 4 is 23.2 Å². The third-order valence-corrected chi connectivity index (χ3v) is 5.41. The van der Waals surface area contributed by atoms with Gasteiger partial charge in [0.25, 0.3) is 11.5 Å². The van der Waals surface area contributed by atoms with Crippen molar-refractivity contribution in [3.63, 3.8) is 0 Å². The van der Waals surface area contributed by atoms with E-state index in [0.29, 0.717) is 17.2 Å². The van der Waals surface area contributed by atoms with Crippen LogP contribution in [0.4, 0.5) is 0 Å². The van der Waals surface area contributed by atoms with E-state index in [4.69, 9.17) is 11.6 Å². The minimum absolute atomic E-state index is 0.0190. The first-order chi connectivity index (χ1) is 14.0. The van der Waals surface area contributed by atoms with Gasteiger partial charge in [-0.3, -0.25) is 18.9 Å². The molecule has 2 heterocycles. The van der Waals surface area contributed by atoms with Gasteiger partial charge in [-0.25, -0.2) is 4.98 Å². The number of hydrogen-bond donors (Lipinski definition) is 1. The van der Waals surface area contributed by atoms with E-state index in [-0.39, 0.29) is 17.2 Å². The minimum atomic E-state index is -0.442. The standard InChI is InChI=1S/C22H25ClN4O2/c1-4-26(5-2)19(16-8-6-7-9-18(16)23)13-25-21(28)17-12-24-20-11-10-15(3)14-27(20)22(17)29/h6-12,14,19H,4-5,13H2,1-3H3,(H,25,28)/t19-/m1/s1. The van der Waals surface area contributed by atoms with Gasteiger partial charge in [0.15, 0.2) is 0 Å². The van der Waals surface area contributed by atoms with E-state index < -0.39 is 5.91 Å². The summed E-state index contributed by atoms with van der Waals surface area (Å²) >= 11 is 6.41. The zero-order valence-corrected chi connectivity index (χ0v) is 17.6. The molecule has 0 aliphatic carbocycles. The number of pyridine rings is 1. The highest BCUT2D eigenvalue weighted by Crippen LogP contribution is 2.27. The molecule has 29 heavy (non-hydrogen) atoms. The fraction of sp³-hybridized carbons (Fsp3) is 0.318. The zero-order valence-electron chi connectivity index (χ0n) is 16.9. The Labute approximate surface area is 175 Å².